The Morgan fingerprint density at radius 3 is 2.31 bits per heavy atom. The molecule has 1 heterocycles. The largest absolute Gasteiger partial charge is 0.497 e. The van der Waals surface area contributed by atoms with E-state index in [1.807, 2.05) is 36.1 Å². The molecular weight excluding hydrogens is 366 g/mol. The van der Waals surface area contributed by atoms with Crippen molar-refractivity contribution < 1.29 is 19.1 Å². The Morgan fingerprint density at radius 2 is 1.66 bits per heavy atom. The molecule has 2 aromatic carbocycles. The lowest BCUT2D eigenvalue weighted by Crippen LogP contribution is -2.38. The lowest BCUT2D eigenvalue weighted by Gasteiger charge is -2.30. The molecule has 1 fully saturated rings. The first kappa shape index (κ1) is 20.9. The van der Waals surface area contributed by atoms with Crippen LogP contribution in [-0.2, 0) is 4.79 Å². The molecule has 0 saturated carbocycles. The Kier molecular flexibility index (Phi) is 7.28. The zero-order valence-electron chi connectivity index (χ0n) is 17.2. The number of carbonyl (C=O) groups excluding carboxylic acids is 2. The summed E-state index contributed by atoms with van der Waals surface area (Å²) in [4.78, 5) is 26.7. The molecule has 0 N–H and O–H groups in total. The molecule has 1 atom stereocenters. The van der Waals surface area contributed by atoms with Gasteiger partial charge in [-0.2, -0.15) is 0 Å². The average molecular weight is 395 g/mol. The minimum Gasteiger partial charge on any atom is -0.497 e. The van der Waals surface area contributed by atoms with Gasteiger partial charge >= 0.3 is 0 Å². The highest BCUT2D eigenvalue weighted by atomic mass is 16.5. The molecule has 1 aliphatic rings. The molecule has 1 amide bonds. The van der Waals surface area contributed by atoms with Gasteiger partial charge in [0, 0.05) is 18.5 Å². The Bertz CT molecular complexity index is 814. The predicted molar refractivity (Wildman–Crippen MR) is 112 cm³/mol. The van der Waals surface area contributed by atoms with Crippen LogP contribution in [0.1, 0.15) is 61.0 Å². The molecule has 2 aromatic rings. The Morgan fingerprint density at radius 1 is 0.966 bits per heavy atom. The first-order valence-corrected chi connectivity index (χ1v) is 10.3. The van der Waals surface area contributed by atoms with Crippen molar-refractivity contribution in [2.45, 2.75) is 45.1 Å². The second-order valence-electron chi connectivity index (χ2n) is 7.32. The topological polar surface area (TPSA) is 55.8 Å². The molecule has 0 aromatic heterocycles. The van der Waals surface area contributed by atoms with Crippen molar-refractivity contribution >= 4 is 11.7 Å². The lowest BCUT2D eigenvalue weighted by molar-refractivity contribution is -0.135. The maximum absolute atomic E-state index is 13.0. The van der Waals surface area contributed by atoms with Gasteiger partial charge in [0.15, 0.2) is 12.4 Å². The number of hydrogen-bond acceptors (Lipinski definition) is 4. The molecule has 29 heavy (non-hydrogen) atoms. The van der Waals surface area contributed by atoms with Gasteiger partial charge in [-0.3, -0.25) is 9.59 Å². The fraction of sp³-hybridized carbons (Fsp3) is 0.417. The molecule has 0 radical (unpaired) electrons. The molecule has 0 aliphatic carbocycles. The average Bonchev–Trinajstić information content (AvgIpc) is 3.03. The number of nitrogens with zero attached hydrogens (tertiary/aromatic N) is 1. The number of amides is 1. The van der Waals surface area contributed by atoms with E-state index in [0.29, 0.717) is 17.7 Å². The molecule has 1 aliphatic heterocycles. The summed E-state index contributed by atoms with van der Waals surface area (Å²) in [6, 6.07) is 15.0. The Balaban J connectivity index is 1.66. The number of Topliss-reactive ketones (excluding diaryl/α,β-unsaturated/α-hetero) is 1. The van der Waals surface area contributed by atoms with Crippen LogP contribution in [0.3, 0.4) is 0 Å². The standard InChI is InChI=1S/C24H29NO4/c1-3-23(26)19-10-14-21(15-11-19)29-17-24(27)25-16-6-4-5-7-22(25)18-8-12-20(28-2)13-9-18/h8-15,22H,3-7,16-17H2,1-2H3. The molecule has 5 heteroatoms. The van der Waals surface area contributed by atoms with Gasteiger partial charge in [-0.05, 0) is 54.8 Å². The first-order valence-electron chi connectivity index (χ1n) is 10.3. The fourth-order valence-corrected chi connectivity index (χ4v) is 3.75. The third-order valence-corrected chi connectivity index (χ3v) is 5.43. The van der Waals surface area contributed by atoms with E-state index >= 15 is 0 Å². The third kappa shape index (κ3) is 5.37. The van der Waals surface area contributed by atoms with E-state index in [-0.39, 0.29) is 24.3 Å². The van der Waals surface area contributed by atoms with Crippen LogP contribution in [0, 0.1) is 0 Å². The van der Waals surface area contributed by atoms with E-state index in [9.17, 15) is 9.59 Å². The second kappa shape index (κ2) is 10.1. The van der Waals surface area contributed by atoms with Crippen molar-refractivity contribution in [2.24, 2.45) is 0 Å². The summed E-state index contributed by atoms with van der Waals surface area (Å²) >= 11 is 0. The minimum atomic E-state index is -0.0126. The summed E-state index contributed by atoms with van der Waals surface area (Å²) in [6.45, 7) is 2.57. The van der Waals surface area contributed by atoms with E-state index < -0.39 is 0 Å². The summed E-state index contributed by atoms with van der Waals surface area (Å²) in [7, 11) is 1.65. The number of carbonyl (C=O) groups is 2. The van der Waals surface area contributed by atoms with Gasteiger partial charge in [0.25, 0.3) is 5.91 Å². The normalized spacial score (nSPS) is 16.8. The smallest absolute Gasteiger partial charge is 0.261 e. The molecule has 1 unspecified atom stereocenters. The first-order chi connectivity index (χ1) is 14.1. The van der Waals surface area contributed by atoms with E-state index in [4.69, 9.17) is 9.47 Å². The quantitative estimate of drug-likeness (QED) is 0.631. The number of benzene rings is 2. The van der Waals surface area contributed by atoms with Crippen LogP contribution in [0.5, 0.6) is 11.5 Å². The van der Waals surface area contributed by atoms with Gasteiger partial charge in [0.2, 0.25) is 0 Å². The van der Waals surface area contributed by atoms with Gasteiger partial charge in [-0.1, -0.05) is 31.9 Å². The molecular formula is C24H29NO4. The minimum absolute atomic E-state index is 0.00622. The van der Waals surface area contributed by atoms with Crippen LogP contribution in [0.4, 0.5) is 0 Å². The number of methoxy groups -OCH3 is 1. The molecule has 1 saturated heterocycles. The van der Waals surface area contributed by atoms with Crippen LogP contribution < -0.4 is 9.47 Å². The van der Waals surface area contributed by atoms with Crippen molar-refractivity contribution in [3.63, 3.8) is 0 Å². The third-order valence-electron chi connectivity index (χ3n) is 5.43. The van der Waals surface area contributed by atoms with Gasteiger partial charge in [-0.15, -0.1) is 0 Å². The molecule has 3 rings (SSSR count). The van der Waals surface area contributed by atoms with E-state index in [0.717, 1.165) is 43.5 Å². The lowest BCUT2D eigenvalue weighted by atomic mass is 10.0. The Hall–Kier alpha value is -2.82. The van der Waals surface area contributed by atoms with Crippen LogP contribution in [0.15, 0.2) is 48.5 Å². The summed E-state index contributed by atoms with van der Waals surface area (Å²) in [5.41, 5.74) is 1.79. The van der Waals surface area contributed by atoms with Crippen molar-refractivity contribution in [1.82, 2.24) is 4.90 Å². The van der Waals surface area contributed by atoms with Crippen molar-refractivity contribution in [3.8, 4) is 11.5 Å². The zero-order valence-corrected chi connectivity index (χ0v) is 17.2. The summed E-state index contributed by atoms with van der Waals surface area (Å²) < 4.78 is 11.0. The van der Waals surface area contributed by atoms with Gasteiger partial charge < -0.3 is 14.4 Å². The maximum atomic E-state index is 13.0. The number of ether oxygens (including phenoxy) is 2. The number of hydrogen-bond donors (Lipinski definition) is 0. The SMILES string of the molecule is CCC(=O)c1ccc(OCC(=O)N2CCCCCC2c2ccc(OC)cc2)cc1. The zero-order chi connectivity index (χ0) is 20.6. The van der Waals surface area contributed by atoms with Crippen molar-refractivity contribution in [1.29, 1.82) is 0 Å². The van der Waals surface area contributed by atoms with Gasteiger partial charge in [0.05, 0.1) is 13.2 Å². The van der Waals surface area contributed by atoms with E-state index in [1.165, 1.54) is 0 Å². The monoisotopic (exact) mass is 395 g/mol. The van der Waals surface area contributed by atoms with Crippen LogP contribution >= 0.6 is 0 Å². The number of ketones is 1. The highest BCUT2D eigenvalue weighted by Gasteiger charge is 2.27. The number of rotatable bonds is 7. The molecule has 0 spiro atoms. The van der Waals surface area contributed by atoms with Crippen LogP contribution in [0.2, 0.25) is 0 Å². The van der Waals surface area contributed by atoms with Crippen LogP contribution in [0.25, 0.3) is 0 Å². The van der Waals surface area contributed by atoms with Gasteiger partial charge in [-0.25, -0.2) is 0 Å². The highest BCUT2D eigenvalue weighted by molar-refractivity contribution is 5.95. The fourth-order valence-electron chi connectivity index (χ4n) is 3.75. The van der Waals surface area contributed by atoms with Crippen molar-refractivity contribution in [2.75, 3.05) is 20.3 Å². The molecule has 5 nitrogen and oxygen atoms in total. The summed E-state index contributed by atoms with van der Waals surface area (Å²) in [6.07, 6.45) is 4.66. The van der Waals surface area contributed by atoms with E-state index in [1.54, 1.807) is 31.4 Å². The highest BCUT2D eigenvalue weighted by Crippen LogP contribution is 2.31. The maximum Gasteiger partial charge on any atom is 0.261 e. The summed E-state index contributed by atoms with van der Waals surface area (Å²) in [5.74, 6) is 1.50. The predicted octanol–water partition coefficient (Wildman–Crippen LogP) is 4.81. The summed E-state index contributed by atoms with van der Waals surface area (Å²) in [5, 5.41) is 0. The van der Waals surface area contributed by atoms with E-state index in [2.05, 4.69) is 0 Å². The molecule has 0 bridgehead atoms. The molecule has 154 valence electrons. The number of likely N-dealkylation sites (tertiary alicyclic amines) is 1. The van der Waals surface area contributed by atoms with Crippen molar-refractivity contribution in [3.05, 3.63) is 59.7 Å². The second-order valence-corrected chi connectivity index (χ2v) is 7.32. The van der Waals surface area contributed by atoms with Crippen LogP contribution in [-0.4, -0.2) is 36.9 Å². The Labute approximate surface area is 172 Å². The van der Waals surface area contributed by atoms with Gasteiger partial charge in [0.1, 0.15) is 11.5 Å².